The summed E-state index contributed by atoms with van der Waals surface area (Å²) in [6.07, 6.45) is 8.05. The van der Waals surface area contributed by atoms with Gasteiger partial charge in [-0.3, -0.25) is 5.01 Å². The van der Waals surface area contributed by atoms with Gasteiger partial charge in [0.15, 0.2) is 17.5 Å². The van der Waals surface area contributed by atoms with Gasteiger partial charge in [0.1, 0.15) is 11.6 Å². The number of halogens is 2. The minimum atomic E-state index is -1.06. The Kier molecular flexibility index (Phi) is 7.14. The van der Waals surface area contributed by atoms with E-state index < -0.39 is 18.2 Å². The molecule has 0 aliphatic carbocycles. The number of hydrogen-bond acceptors (Lipinski definition) is 7. The lowest BCUT2D eigenvalue weighted by molar-refractivity contribution is 0.409. The summed E-state index contributed by atoms with van der Waals surface area (Å²) >= 11 is 0. The Hall–Kier alpha value is -3.53. The Morgan fingerprint density at radius 3 is 2.52 bits per heavy atom. The number of nitrogens with zero attached hydrogens (tertiary/aromatic N) is 5. The number of nitrogens with two attached hydrogens (primary N) is 3. The van der Waals surface area contributed by atoms with Gasteiger partial charge in [0.2, 0.25) is 0 Å². The molecule has 0 aromatic carbocycles. The Balaban J connectivity index is 1.86. The SMILES string of the molecule is C/C=C\C(F)=C(\F)CN(N)/C(=N\N)c1cc(-c2ccc(N3CCCC3)nc2)cnc1N. The Morgan fingerprint density at radius 2 is 1.90 bits per heavy atom. The van der Waals surface area contributed by atoms with Crippen LogP contribution in [0.3, 0.4) is 0 Å². The summed E-state index contributed by atoms with van der Waals surface area (Å²) < 4.78 is 27.7. The first-order valence-corrected chi connectivity index (χ1v) is 9.88. The van der Waals surface area contributed by atoms with Gasteiger partial charge in [-0.2, -0.15) is 5.10 Å². The second-order valence-electron chi connectivity index (χ2n) is 7.09. The van der Waals surface area contributed by atoms with Crippen molar-refractivity contribution in [3.05, 3.63) is 60.0 Å². The molecular formula is C21H26F2N8. The van der Waals surface area contributed by atoms with E-state index in [9.17, 15) is 8.78 Å². The molecule has 2 aromatic heterocycles. The average molecular weight is 428 g/mol. The summed E-state index contributed by atoms with van der Waals surface area (Å²) in [6, 6.07) is 5.57. The highest BCUT2D eigenvalue weighted by Gasteiger charge is 2.19. The highest BCUT2D eigenvalue weighted by atomic mass is 19.2. The molecule has 3 rings (SSSR count). The number of hydrazone groups is 1. The van der Waals surface area contributed by atoms with Gasteiger partial charge in [-0.15, -0.1) is 0 Å². The fraction of sp³-hybridized carbons (Fsp3) is 0.286. The third kappa shape index (κ3) is 5.15. The van der Waals surface area contributed by atoms with Crippen LogP contribution in [0.1, 0.15) is 25.3 Å². The first-order valence-electron chi connectivity index (χ1n) is 9.88. The van der Waals surface area contributed by atoms with Crippen molar-refractivity contribution in [2.24, 2.45) is 16.8 Å². The van der Waals surface area contributed by atoms with Crippen LogP contribution < -0.4 is 22.3 Å². The molecule has 1 aliphatic rings. The third-order valence-electron chi connectivity index (χ3n) is 4.95. The maximum Gasteiger partial charge on any atom is 0.173 e. The van der Waals surface area contributed by atoms with E-state index >= 15 is 0 Å². The van der Waals surface area contributed by atoms with Crippen molar-refractivity contribution < 1.29 is 8.78 Å². The standard InChI is InChI=1S/C21H26F2N8/c1-2-5-17(22)18(23)13-31(26)21(29-25)16-10-15(12-28-20(16)24)14-6-7-19(27-11-14)30-8-3-4-9-30/h2,5-7,10-12H,3-4,8-9,13,25-26H2,1H3,(H2,24,28)/b5-2-,18-17-,29-21-. The van der Waals surface area contributed by atoms with E-state index in [0.717, 1.165) is 35.6 Å². The predicted octanol–water partition coefficient (Wildman–Crippen LogP) is 2.85. The second kappa shape index (κ2) is 9.98. The third-order valence-corrected chi connectivity index (χ3v) is 4.95. The smallest absolute Gasteiger partial charge is 0.173 e. The van der Waals surface area contributed by atoms with Crippen LogP contribution in [0.15, 0.2) is 59.5 Å². The molecule has 2 aromatic rings. The van der Waals surface area contributed by atoms with Gasteiger partial charge in [-0.25, -0.2) is 24.6 Å². The number of pyridine rings is 2. The zero-order valence-corrected chi connectivity index (χ0v) is 17.3. The van der Waals surface area contributed by atoms with Crippen LogP contribution in [0.5, 0.6) is 0 Å². The van der Waals surface area contributed by atoms with Gasteiger partial charge in [-0.05, 0) is 44.0 Å². The van der Waals surface area contributed by atoms with Crippen molar-refractivity contribution in [2.75, 3.05) is 30.3 Å². The van der Waals surface area contributed by atoms with Crippen molar-refractivity contribution in [1.82, 2.24) is 15.0 Å². The van der Waals surface area contributed by atoms with E-state index in [1.807, 2.05) is 12.1 Å². The van der Waals surface area contributed by atoms with Gasteiger partial charge in [0, 0.05) is 36.6 Å². The van der Waals surface area contributed by atoms with Crippen molar-refractivity contribution in [2.45, 2.75) is 19.8 Å². The number of anilines is 2. The Morgan fingerprint density at radius 1 is 1.19 bits per heavy atom. The van der Waals surface area contributed by atoms with E-state index in [1.165, 1.54) is 18.9 Å². The van der Waals surface area contributed by atoms with E-state index in [0.29, 0.717) is 11.1 Å². The zero-order chi connectivity index (χ0) is 22.4. The summed E-state index contributed by atoms with van der Waals surface area (Å²) in [5, 5.41) is 4.50. The summed E-state index contributed by atoms with van der Waals surface area (Å²) in [5.41, 5.74) is 7.79. The number of rotatable bonds is 6. The number of hydrogen-bond donors (Lipinski definition) is 3. The molecule has 31 heavy (non-hydrogen) atoms. The number of hydrazine groups is 1. The van der Waals surface area contributed by atoms with Crippen molar-refractivity contribution >= 4 is 17.5 Å². The van der Waals surface area contributed by atoms with Crippen molar-refractivity contribution in [1.29, 1.82) is 0 Å². The van der Waals surface area contributed by atoms with Crippen LogP contribution >= 0.6 is 0 Å². The molecule has 0 saturated carbocycles. The summed E-state index contributed by atoms with van der Waals surface area (Å²) in [4.78, 5) is 11.0. The molecule has 0 bridgehead atoms. The first kappa shape index (κ1) is 22.2. The van der Waals surface area contributed by atoms with E-state index in [2.05, 4.69) is 20.0 Å². The highest BCUT2D eigenvalue weighted by molar-refractivity contribution is 6.03. The summed E-state index contributed by atoms with van der Waals surface area (Å²) in [7, 11) is 0. The zero-order valence-electron chi connectivity index (χ0n) is 17.3. The van der Waals surface area contributed by atoms with Gasteiger partial charge in [0.25, 0.3) is 0 Å². The lowest BCUT2D eigenvalue weighted by Gasteiger charge is -2.20. The average Bonchev–Trinajstić information content (AvgIpc) is 3.31. The van der Waals surface area contributed by atoms with Crippen LogP contribution in [0.4, 0.5) is 20.4 Å². The molecule has 164 valence electrons. The van der Waals surface area contributed by atoms with Crippen LogP contribution in [-0.4, -0.2) is 40.4 Å². The monoisotopic (exact) mass is 428 g/mol. The molecule has 3 heterocycles. The van der Waals surface area contributed by atoms with Crippen LogP contribution in [-0.2, 0) is 0 Å². The molecule has 0 spiro atoms. The summed E-state index contributed by atoms with van der Waals surface area (Å²) in [5.74, 6) is 10.3. The van der Waals surface area contributed by atoms with Crippen molar-refractivity contribution in [3.8, 4) is 11.1 Å². The predicted molar refractivity (Wildman–Crippen MR) is 119 cm³/mol. The Bertz CT molecular complexity index is 995. The quantitative estimate of drug-likeness (QED) is 0.213. The number of nitrogen functional groups attached to an aromatic ring is 1. The Labute approximate surface area is 179 Å². The van der Waals surface area contributed by atoms with Crippen LogP contribution in [0.25, 0.3) is 11.1 Å². The maximum atomic E-state index is 14.0. The minimum Gasteiger partial charge on any atom is -0.383 e. The number of allylic oxidation sites excluding steroid dienone is 3. The topological polar surface area (TPSA) is 123 Å². The van der Waals surface area contributed by atoms with Gasteiger partial charge >= 0.3 is 0 Å². The van der Waals surface area contributed by atoms with Gasteiger partial charge < -0.3 is 16.5 Å². The fourth-order valence-electron chi connectivity index (χ4n) is 3.34. The molecule has 1 saturated heterocycles. The maximum absolute atomic E-state index is 14.0. The molecule has 1 fully saturated rings. The number of amidine groups is 1. The molecule has 10 heteroatoms. The largest absolute Gasteiger partial charge is 0.383 e. The lowest BCUT2D eigenvalue weighted by atomic mass is 10.1. The van der Waals surface area contributed by atoms with Gasteiger partial charge in [0.05, 0.1) is 12.1 Å². The molecule has 0 unspecified atom stereocenters. The normalized spacial score (nSPS) is 15.5. The molecule has 0 radical (unpaired) electrons. The van der Waals surface area contributed by atoms with E-state index in [-0.39, 0.29) is 11.7 Å². The van der Waals surface area contributed by atoms with E-state index in [1.54, 1.807) is 25.4 Å². The molecular weight excluding hydrogens is 402 g/mol. The van der Waals surface area contributed by atoms with Crippen molar-refractivity contribution in [3.63, 3.8) is 0 Å². The van der Waals surface area contributed by atoms with Crippen LogP contribution in [0, 0.1) is 0 Å². The minimum absolute atomic E-state index is 0.0306. The fourth-order valence-corrected chi connectivity index (χ4v) is 3.34. The molecule has 6 N–H and O–H groups in total. The highest BCUT2D eigenvalue weighted by Crippen LogP contribution is 2.25. The molecule has 0 amide bonds. The lowest BCUT2D eigenvalue weighted by Crippen LogP contribution is -2.40. The van der Waals surface area contributed by atoms with Gasteiger partial charge in [-0.1, -0.05) is 6.08 Å². The summed E-state index contributed by atoms with van der Waals surface area (Å²) in [6.45, 7) is 3.00. The van der Waals surface area contributed by atoms with E-state index in [4.69, 9.17) is 17.4 Å². The molecule has 8 nitrogen and oxygen atoms in total. The number of aromatic nitrogens is 2. The molecule has 0 atom stereocenters. The second-order valence-corrected chi connectivity index (χ2v) is 7.09. The van der Waals surface area contributed by atoms with Crippen LogP contribution in [0.2, 0.25) is 0 Å². The first-order chi connectivity index (χ1) is 14.9. The molecule has 1 aliphatic heterocycles.